The molecule has 0 aliphatic rings. The molecule has 0 atom stereocenters. The van der Waals surface area contributed by atoms with Crippen LogP contribution in [-0.4, -0.2) is 28.0 Å². The molecule has 6 heteroatoms. The van der Waals surface area contributed by atoms with Crippen LogP contribution in [0, 0.1) is 6.92 Å². The highest BCUT2D eigenvalue weighted by Gasteiger charge is 2.09. The molecule has 21 heavy (non-hydrogen) atoms. The van der Waals surface area contributed by atoms with E-state index >= 15 is 0 Å². The van der Waals surface area contributed by atoms with Crippen LogP contribution in [0.25, 0.3) is 0 Å². The summed E-state index contributed by atoms with van der Waals surface area (Å²) in [5.74, 6) is 1.10. The number of hydrogen-bond donors (Lipinski definition) is 1. The van der Waals surface area contributed by atoms with E-state index in [4.69, 9.17) is 11.6 Å². The van der Waals surface area contributed by atoms with Gasteiger partial charge < -0.3 is 10.2 Å². The fourth-order valence-electron chi connectivity index (χ4n) is 2.07. The minimum absolute atomic E-state index is 0.207. The van der Waals surface area contributed by atoms with Crippen LogP contribution >= 0.6 is 11.6 Å². The number of hydrogen-bond acceptors (Lipinski definition) is 5. The van der Waals surface area contributed by atoms with Crippen molar-refractivity contribution in [2.75, 3.05) is 23.3 Å². The smallest absolute Gasteiger partial charge is 0.231 e. The molecule has 0 fully saturated rings. The van der Waals surface area contributed by atoms with Crippen LogP contribution in [0.2, 0.25) is 5.28 Å². The first kappa shape index (κ1) is 15.5. The summed E-state index contributed by atoms with van der Waals surface area (Å²) in [6.07, 6.45) is 0. The van der Waals surface area contributed by atoms with Crippen molar-refractivity contribution in [1.82, 2.24) is 15.0 Å². The zero-order valence-corrected chi connectivity index (χ0v) is 13.4. The van der Waals surface area contributed by atoms with Gasteiger partial charge in [0.05, 0.1) is 0 Å². The maximum absolute atomic E-state index is 5.99. The lowest BCUT2D eigenvalue weighted by Crippen LogP contribution is -2.25. The molecule has 0 aliphatic carbocycles. The molecule has 0 saturated carbocycles. The van der Waals surface area contributed by atoms with E-state index in [-0.39, 0.29) is 5.28 Å². The Balaban J connectivity index is 2.13. The van der Waals surface area contributed by atoms with Gasteiger partial charge in [0.2, 0.25) is 17.2 Å². The van der Waals surface area contributed by atoms with Gasteiger partial charge in [0.1, 0.15) is 0 Å². The van der Waals surface area contributed by atoms with Crippen molar-refractivity contribution in [2.45, 2.75) is 27.3 Å². The number of halogens is 1. The summed E-state index contributed by atoms with van der Waals surface area (Å²) in [7, 11) is 0. The summed E-state index contributed by atoms with van der Waals surface area (Å²) in [6.45, 7) is 8.49. The molecule has 2 rings (SSSR count). The van der Waals surface area contributed by atoms with Gasteiger partial charge in [0, 0.05) is 19.6 Å². The van der Waals surface area contributed by atoms with E-state index in [0.717, 1.165) is 13.1 Å². The zero-order chi connectivity index (χ0) is 15.2. The minimum atomic E-state index is 0.207. The molecule has 0 amide bonds. The monoisotopic (exact) mass is 305 g/mol. The number of rotatable bonds is 6. The van der Waals surface area contributed by atoms with Gasteiger partial charge in [-0.1, -0.05) is 29.8 Å². The van der Waals surface area contributed by atoms with Crippen LogP contribution in [0.5, 0.6) is 0 Å². The SMILES string of the molecule is CCN(CC)c1nc(Cl)nc(NCc2cccc(C)c2)n1. The molecule has 0 aliphatic heterocycles. The van der Waals surface area contributed by atoms with Gasteiger partial charge in [-0.25, -0.2) is 0 Å². The van der Waals surface area contributed by atoms with E-state index in [1.54, 1.807) is 0 Å². The van der Waals surface area contributed by atoms with Crippen molar-refractivity contribution in [1.29, 1.82) is 0 Å². The maximum Gasteiger partial charge on any atom is 0.231 e. The Kier molecular flexibility index (Phi) is 5.33. The second-order valence-corrected chi connectivity index (χ2v) is 5.08. The topological polar surface area (TPSA) is 53.9 Å². The third kappa shape index (κ3) is 4.29. The summed E-state index contributed by atoms with van der Waals surface area (Å²) in [5.41, 5.74) is 2.41. The summed E-state index contributed by atoms with van der Waals surface area (Å²) < 4.78 is 0. The molecule has 112 valence electrons. The molecule has 0 spiro atoms. The first-order valence-electron chi connectivity index (χ1n) is 7.08. The molecule has 0 bridgehead atoms. The molecule has 5 nitrogen and oxygen atoms in total. The highest BCUT2D eigenvalue weighted by Crippen LogP contribution is 2.14. The van der Waals surface area contributed by atoms with Crippen LogP contribution in [0.4, 0.5) is 11.9 Å². The van der Waals surface area contributed by atoms with Gasteiger partial charge in [-0.15, -0.1) is 0 Å². The molecule has 0 unspecified atom stereocenters. The highest BCUT2D eigenvalue weighted by atomic mass is 35.5. The first-order valence-corrected chi connectivity index (χ1v) is 7.46. The van der Waals surface area contributed by atoms with E-state index in [1.807, 2.05) is 11.0 Å². The van der Waals surface area contributed by atoms with Crippen molar-refractivity contribution in [3.05, 3.63) is 40.7 Å². The Morgan fingerprint density at radius 2 is 1.90 bits per heavy atom. The van der Waals surface area contributed by atoms with Crippen LogP contribution in [0.3, 0.4) is 0 Å². The summed E-state index contributed by atoms with van der Waals surface area (Å²) >= 11 is 5.99. The van der Waals surface area contributed by atoms with Crippen molar-refractivity contribution >= 4 is 23.5 Å². The van der Waals surface area contributed by atoms with Crippen molar-refractivity contribution in [3.8, 4) is 0 Å². The summed E-state index contributed by atoms with van der Waals surface area (Å²) in [6, 6.07) is 8.30. The molecular formula is C15H20ClN5. The Morgan fingerprint density at radius 3 is 2.57 bits per heavy atom. The number of nitrogens with zero attached hydrogens (tertiary/aromatic N) is 4. The zero-order valence-electron chi connectivity index (χ0n) is 12.6. The van der Waals surface area contributed by atoms with E-state index in [1.165, 1.54) is 11.1 Å². The number of aryl methyl sites for hydroxylation is 1. The molecule has 1 aromatic heterocycles. The number of nitrogens with one attached hydrogen (secondary N) is 1. The number of anilines is 2. The average molecular weight is 306 g/mol. The lowest BCUT2D eigenvalue weighted by Gasteiger charge is -2.18. The van der Waals surface area contributed by atoms with Gasteiger partial charge in [0.25, 0.3) is 0 Å². The van der Waals surface area contributed by atoms with Crippen molar-refractivity contribution in [3.63, 3.8) is 0 Å². The highest BCUT2D eigenvalue weighted by molar-refractivity contribution is 6.28. The third-order valence-electron chi connectivity index (χ3n) is 3.18. The largest absolute Gasteiger partial charge is 0.350 e. The van der Waals surface area contributed by atoms with E-state index in [9.17, 15) is 0 Å². The molecule has 0 radical (unpaired) electrons. The van der Waals surface area contributed by atoms with E-state index in [2.05, 4.69) is 59.2 Å². The Bertz CT molecular complexity index is 598. The summed E-state index contributed by atoms with van der Waals surface area (Å²) in [5, 5.41) is 3.41. The lowest BCUT2D eigenvalue weighted by molar-refractivity contribution is 0.811. The Morgan fingerprint density at radius 1 is 1.14 bits per heavy atom. The second kappa shape index (κ2) is 7.22. The predicted octanol–water partition coefficient (Wildman–Crippen LogP) is 3.29. The number of aromatic nitrogens is 3. The molecular weight excluding hydrogens is 286 g/mol. The number of benzene rings is 1. The van der Waals surface area contributed by atoms with Crippen LogP contribution in [0.15, 0.2) is 24.3 Å². The second-order valence-electron chi connectivity index (χ2n) is 4.74. The quantitative estimate of drug-likeness (QED) is 0.887. The van der Waals surface area contributed by atoms with E-state index in [0.29, 0.717) is 18.4 Å². The minimum Gasteiger partial charge on any atom is -0.350 e. The fraction of sp³-hybridized carbons (Fsp3) is 0.400. The Hall–Kier alpha value is -1.88. The molecule has 0 saturated heterocycles. The molecule has 1 heterocycles. The third-order valence-corrected chi connectivity index (χ3v) is 3.34. The van der Waals surface area contributed by atoms with Crippen molar-refractivity contribution < 1.29 is 0 Å². The van der Waals surface area contributed by atoms with Gasteiger partial charge in [-0.2, -0.15) is 15.0 Å². The van der Waals surface area contributed by atoms with Crippen LogP contribution < -0.4 is 10.2 Å². The maximum atomic E-state index is 5.99. The van der Waals surface area contributed by atoms with E-state index < -0.39 is 0 Å². The molecule has 1 aromatic carbocycles. The normalized spacial score (nSPS) is 10.5. The summed E-state index contributed by atoms with van der Waals surface area (Å²) in [4.78, 5) is 14.8. The standard InChI is InChI=1S/C15H20ClN5/c1-4-21(5-2)15-19-13(16)18-14(20-15)17-10-12-8-6-7-11(3)9-12/h6-9H,4-5,10H2,1-3H3,(H,17,18,19,20). The van der Waals surface area contributed by atoms with Crippen LogP contribution in [0.1, 0.15) is 25.0 Å². The first-order chi connectivity index (χ1) is 10.1. The Labute approximate surface area is 130 Å². The van der Waals surface area contributed by atoms with Crippen LogP contribution in [-0.2, 0) is 6.54 Å². The average Bonchev–Trinajstić information content (AvgIpc) is 2.46. The van der Waals surface area contributed by atoms with Gasteiger partial charge in [-0.3, -0.25) is 0 Å². The fourth-order valence-corrected chi connectivity index (χ4v) is 2.23. The van der Waals surface area contributed by atoms with Crippen molar-refractivity contribution in [2.24, 2.45) is 0 Å². The van der Waals surface area contributed by atoms with Gasteiger partial charge in [-0.05, 0) is 37.9 Å². The van der Waals surface area contributed by atoms with Gasteiger partial charge in [0.15, 0.2) is 0 Å². The molecule has 2 aromatic rings. The van der Waals surface area contributed by atoms with Gasteiger partial charge >= 0.3 is 0 Å². The lowest BCUT2D eigenvalue weighted by atomic mass is 10.1. The molecule has 1 N–H and O–H groups in total. The predicted molar refractivity (Wildman–Crippen MR) is 86.9 cm³/mol.